The summed E-state index contributed by atoms with van der Waals surface area (Å²) in [7, 11) is 0. The van der Waals surface area contributed by atoms with Crippen molar-refractivity contribution in [2.75, 3.05) is 6.54 Å². The molecule has 1 amide bonds. The Balaban J connectivity index is 1.87. The van der Waals surface area contributed by atoms with Gasteiger partial charge in [-0.2, -0.15) is 0 Å². The van der Waals surface area contributed by atoms with Gasteiger partial charge in [-0.1, -0.05) is 12.5 Å². The summed E-state index contributed by atoms with van der Waals surface area (Å²) in [6.45, 7) is 0.357. The van der Waals surface area contributed by atoms with Gasteiger partial charge in [-0.25, -0.2) is 8.78 Å². The minimum absolute atomic E-state index is 0.0504. The standard InChI is InChI=1S/C14H17F2NO2/c15-11-4-2-5-12(16)10(11)7-14(19)17-8-9-3-1-6-13(9)18/h2,4-5,9,13,18H,1,3,6-8H2,(H,17,19). The van der Waals surface area contributed by atoms with Crippen molar-refractivity contribution in [2.45, 2.75) is 31.8 Å². The lowest BCUT2D eigenvalue weighted by atomic mass is 10.1. The zero-order valence-corrected chi connectivity index (χ0v) is 10.5. The van der Waals surface area contributed by atoms with Crippen LogP contribution in [0.3, 0.4) is 0 Å². The monoisotopic (exact) mass is 269 g/mol. The molecule has 0 saturated heterocycles. The van der Waals surface area contributed by atoms with Crippen molar-refractivity contribution in [1.82, 2.24) is 5.32 Å². The molecule has 1 aliphatic rings. The van der Waals surface area contributed by atoms with Crippen molar-refractivity contribution in [3.05, 3.63) is 35.4 Å². The van der Waals surface area contributed by atoms with Crippen molar-refractivity contribution in [1.29, 1.82) is 0 Å². The van der Waals surface area contributed by atoms with E-state index < -0.39 is 17.5 Å². The van der Waals surface area contributed by atoms with Crippen molar-refractivity contribution in [3.63, 3.8) is 0 Å². The first-order valence-electron chi connectivity index (χ1n) is 6.45. The number of nitrogens with one attached hydrogen (secondary N) is 1. The highest BCUT2D eigenvalue weighted by Gasteiger charge is 2.25. The van der Waals surface area contributed by atoms with Crippen LogP contribution in [0.15, 0.2) is 18.2 Å². The van der Waals surface area contributed by atoms with Crippen molar-refractivity contribution >= 4 is 5.91 Å². The van der Waals surface area contributed by atoms with Gasteiger partial charge in [0.1, 0.15) is 11.6 Å². The van der Waals surface area contributed by atoms with Crippen LogP contribution < -0.4 is 5.32 Å². The Bertz CT molecular complexity index is 445. The van der Waals surface area contributed by atoms with E-state index in [0.717, 1.165) is 31.4 Å². The Morgan fingerprint density at radius 1 is 1.32 bits per heavy atom. The highest BCUT2D eigenvalue weighted by molar-refractivity contribution is 5.78. The summed E-state index contributed by atoms with van der Waals surface area (Å²) in [4.78, 5) is 11.7. The number of carbonyl (C=O) groups is 1. The fourth-order valence-corrected chi connectivity index (χ4v) is 2.42. The van der Waals surface area contributed by atoms with Gasteiger partial charge >= 0.3 is 0 Å². The van der Waals surface area contributed by atoms with Crippen LogP contribution in [-0.4, -0.2) is 23.7 Å². The molecule has 1 aromatic carbocycles. The minimum atomic E-state index is -0.712. The third kappa shape index (κ3) is 3.50. The van der Waals surface area contributed by atoms with Crippen LogP contribution in [0.25, 0.3) is 0 Å². The number of amides is 1. The van der Waals surface area contributed by atoms with E-state index in [2.05, 4.69) is 5.32 Å². The van der Waals surface area contributed by atoms with Crippen molar-refractivity contribution in [3.8, 4) is 0 Å². The van der Waals surface area contributed by atoms with Gasteiger partial charge in [-0.15, -0.1) is 0 Å². The first kappa shape index (κ1) is 13.9. The van der Waals surface area contributed by atoms with Crippen LogP contribution in [0.1, 0.15) is 24.8 Å². The Labute approximate surface area is 110 Å². The summed E-state index contributed by atoms with van der Waals surface area (Å²) >= 11 is 0. The molecule has 0 aromatic heterocycles. The fraction of sp³-hybridized carbons (Fsp3) is 0.500. The molecule has 3 nitrogen and oxygen atoms in total. The number of benzene rings is 1. The summed E-state index contributed by atoms with van der Waals surface area (Å²) < 4.78 is 26.7. The summed E-state index contributed by atoms with van der Waals surface area (Å²) in [5.74, 6) is -1.80. The molecule has 104 valence electrons. The first-order valence-corrected chi connectivity index (χ1v) is 6.45. The second-order valence-electron chi connectivity index (χ2n) is 4.94. The molecule has 0 heterocycles. The number of halogens is 2. The van der Waals surface area contributed by atoms with Crippen LogP contribution in [-0.2, 0) is 11.2 Å². The number of hydrogen-bond acceptors (Lipinski definition) is 2. The summed E-state index contributed by atoms with van der Waals surface area (Å²) in [5.41, 5.74) is -0.216. The molecule has 0 bridgehead atoms. The number of rotatable bonds is 4. The molecule has 1 saturated carbocycles. The molecule has 1 fully saturated rings. The zero-order valence-electron chi connectivity index (χ0n) is 10.5. The van der Waals surface area contributed by atoms with Gasteiger partial charge in [0.15, 0.2) is 0 Å². The van der Waals surface area contributed by atoms with Crippen LogP contribution in [0.5, 0.6) is 0 Å². The van der Waals surface area contributed by atoms with Gasteiger partial charge in [-0.3, -0.25) is 4.79 Å². The third-order valence-electron chi connectivity index (χ3n) is 3.58. The lowest BCUT2D eigenvalue weighted by Crippen LogP contribution is -2.33. The highest BCUT2D eigenvalue weighted by atomic mass is 19.1. The number of aliphatic hydroxyl groups excluding tert-OH is 1. The van der Waals surface area contributed by atoms with Crippen molar-refractivity contribution < 1.29 is 18.7 Å². The number of hydrogen-bond donors (Lipinski definition) is 2. The summed E-state index contributed by atoms with van der Waals surface area (Å²) in [6.07, 6.45) is 1.87. The Morgan fingerprint density at radius 2 is 2.00 bits per heavy atom. The molecule has 2 unspecified atom stereocenters. The molecule has 1 aliphatic carbocycles. The maximum Gasteiger partial charge on any atom is 0.224 e. The molecule has 19 heavy (non-hydrogen) atoms. The average molecular weight is 269 g/mol. The van der Waals surface area contributed by atoms with Gasteiger partial charge < -0.3 is 10.4 Å². The van der Waals surface area contributed by atoms with Crippen molar-refractivity contribution in [2.24, 2.45) is 5.92 Å². The van der Waals surface area contributed by atoms with Crippen LogP contribution >= 0.6 is 0 Å². The average Bonchev–Trinajstić information content (AvgIpc) is 2.77. The Hall–Kier alpha value is -1.49. The van der Waals surface area contributed by atoms with Crippen LogP contribution in [0.2, 0.25) is 0 Å². The van der Waals surface area contributed by atoms with Gasteiger partial charge in [0.2, 0.25) is 5.91 Å². The van der Waals surface area contributed by atoms with Gasteiger partial charge in [0.25, 0.3) is 0 Å². The van der Waals surface area contributed by atoms with Gasteiger partial charge in [0, 0.05) is 18.0 Å². The van der Waals surface area contributed by atoms with E-state index in [0.29, 0.717) is 6.54 Å². The van der Waals surface area contributed by atoms with E-state index in [1.165, 1.54) is 6.07 Å². The second kappa shape index (κ2) is 6.10. The summed E-state index contributed by atoms with van der Waals surface area (Å²) in [5, 5.41) is 12.2. The molecular formula is C14H17F2NO2. The second-order valence-corrected chi connectivity index (χ2v) is 4.94. The predicted octanol–water partition coefficient (Wildman–Crippen LogP) is 1.78. The predicted molar refractivity (Wildman–Crippen MR) is 66.4 cm³/mol. The molecular weight excluding hydrogens is 252 g/mol. The summed E-state index contributed by atoms with van der Waals surface area (Å²) in [6, 6.07) is 3.53. The third-order valence-corrected chi connectivity index (χ3v) is 3.58. The maximum absolute atomic E-state index is 13.4. The number of carbonyl (C=O) groups excluding carboxylic acids is 1. The minimum Gasteiger partial charge on any atom is -0.393 e. The fourth-order valence-electron chi connectivity index (χ4n) is 2.42. The number of aliphatic hydroxyl groups is 1. The quantitative estimate of drug-likeness (QED) is 0.875. The highest BCUT2D eigenvalue weighted by Crippen LogP contribution is 2.24. The normalized spacial score (nSPS) is 22.5. The first-order chi connectivity index (χ1) is 9.08. The topological polar surface area (TPSA) is 49.3 Å². The smallest absolute Gasteiger partial charge is 0.224 e. The van der Waals surface area contributed by atoms with Gasteiger partial charge in [-0.05, 0) is 25.0 Å². The molecule has 0 aliphatic heterocycles. The molecule has 1 aromatic rings. The Morgan fingerprint density at radius 3 is 2.58 bits per heavy atom. The molecule has 0 spiro atoms. The van der Waals surface area contributed by atoms with Crippen LogP contribution in [0.4, 0.5) is 8.78 Å². The Kier molecular flexibility index (Phi) is 4.47. The maximum atomic E-state index is 13.4. The lowest BCUT2D eigenvalue weighted by molar-refractivity contribution is -0.120. The van der Waals surface area contributed by atoms with Crippen LogP contribution in [0, 0.1) is 17.6 Å². The molecule has 5 heteroatoms. The van der Waals surface area contributed by atoms with E-state index in [4.69, 9.17) is 0 Å². The zero-order chi connectivity index (χ0) is 13.8. The SMILES string of the molecule is O=C(Cc1c(F)cccc1F)NCC1CCCC1O. The molecule has 2 atom stereocenters. The largest absolute Gasteiger partial charge is 0.393 e. The van der Waals surface area contributed by atoms with Gasteiger partial charge in [0.05, 0.1) is 12.5 Å². The van der Waals surface area contributed by atoms with E-state index in [1.807, 2.05) is 0 Å². The molecule has 2 N–H and O–H groups in total. The van der Waals surface area contributed by atoms with E-state index in [-0.39, 0.29) is 24.0 Å². The molecule has 2 rings (SSSR count). The van der Waals surface area contributed by atoms with E-state index in [1.54, 1.807) is 0 Å². The van der Waals surface area contributed by atoms with E-state index in [9.17, 15) is 18.7 Å². The molecule has 0 radical (unpaired) electrons. The van der Waals surface area contributed by atoms with E-state index >= 15 is 0 Å². The lowest BCUT2D eigenvalue weighted by Gasteiger charge is -2.15.